The molecule has 1 aromatic heterocycles. The first-order chi connectivity index (χ1) is 13.4. The van der Waals surface area contributed by atoms with Crippen LogP contribution in [0, 0.1) is 0 Å². The largest absolute Gasteiger partial charge is 0.507 e. The van der Waals surface area contributed by atoms with E-state index >= 15 is 0 Å². The van der Waals surface area contributed by atoms with Crippen LogP contribution in [0.4, 0.5) is 5.69 Å². The molecule has 6 heteroatoms. The number of carbonyl (C=O) groups is 1. The van der Waals surface area contributed by atoms with Gasteiger partial charge in [-0.3, -0.25) is 0 Å². The Balaban J connectivity index is 2.04. The molecule has 0 aliphatic carbocycles. The summed E-state index contributed by atoms with van der Waals surface area (Å²) in [7, 11) is 0. The summed E-state index contributed by atoms with van der Waals surface area (Å²) < 4.78 is 5.37. The highest BCUT2D eigenvalue weighted by Crippen LogP contribution is 2.25. The van der Waals surface area contributed by atoms with E-state index in [9.17, 15) is 14.7 Å². The third-order valence-electron chi connectivity index (χ3n) is 4.60. The van der Waals surface area contributed by atoms with Crippen LogP contribution in [0.3, 0.4) is 0 Å². The van der Waals surface area contributed by atoms with E-state index < -0.39 is 11.6 Å². The highest BCUT2D eigenvalue weighted by Gasteiger charge is 2.10. The van der Waals surface area contributed by atoms with Crippen molar-refractivity contribution in [3.05, 3.63) is 69.6 Å². The van der Waals surface area contributed by atoms with Gasteiger partial charge in [0, 0.05) is 36.3 Å². The molecule has 3 rings (SSSR count). The van der Waals surface area contributed by atoms with E-state index in [1.54, 1.807) is 18.2 Å². The summed E-state index contributed by atoms with van der Waals surface area (Å²) in [5.41, 5.74) is 2.10. The lowest BCUT2D eigenvalue weighted by molar-refractivity contribution is 0.0693. The summed E-state index contributed by atoms with van der Waals surface area (Å²) in [4.78, 5) is 25.3. The number of carboxylic acids is 1. The van der Waals surface area contributed by atoms with Gasteiger partial charge in [-0.05, 0) is 49.2 Å². The van der Waals surface area contributed by atoms with Gasteiger partial charge in [0.25, 0.3) is 0 Å². The molecule has 0 atom stereocenters. The maximum atomic E-state index is 12.0. The summed E-state index contributed by atoms with van der Waals surface area (Å²) in [6.07, 6.45) is 3.42. The zero-order valence-corrected chi connectivity index (χ0v) is 15.7. The minimum atomic E-state index is -1.21. The third-order valence-corrected chi connectivity index (χ3v) is 4.60. The Morgan fingerprint density at radius 1 is 1.07 bits per heavy atom. The van der Waals surface area contributed by atoms with Crippen LogP contribution >= 0.6 is 0 Å². The van der Waals surface area contributed by atoms with E-state index in [1.807, 2.05) is 18.2 Å². The highest BCUT2D eigenvalue weighted by molar-refractivity contribution is 5.93. The van der Waals surface area contributed by atoms with Gasteiger partial charge in [0.2, 0.25) is 0 Å². The monoisotopic (exact) mass is 379 g/mol. The highest BCUT2D eigenvalue weighted by atomic mass is 16.4. The van der Waals surface area contributed by atoms with Crippen molar-refractivity contribution in [1.29, 1.82) is 0 Å². The van der Waals surface area contributed by atoms with Gasteiger partial charge < -0.3 is 19.5 Å². The van der Waals surface area contributed by atoms with Gasteiger partial charge in [0.15, 0.2) is 0 Å². The van der Waals surface area contributed by atoms with E-state index in [0.717, 1.165) is 24.2 Å². The lowest BCUT2D eigenvalue weighted by Gasteiger charge is -2.21. The Labute approximate surface area is 162 Å². The summed E-state index contributed by atoms with van der Waals surface area (Å²) in [5, 5.41) is 19.5. The van der Waals surface area contributed by atoms with E-state index in [-0.39, 0.29) is 11.3 Å². The molecular formula is C22H21NO5. The van der Waals surface area contributed by atoms with Crippen LogP contribution in [-0.2, 0) is 0 Å². The molecule has 0 radical (unpaired) electrons. The molecule has 0 aliphatic heterocycles. The Morgan fingerprint density at radius 2 is 1.82 bits per heavy atom. The van der Waals surface area contributed by atoms with Crippen molar-refractivity contribution < 1.29 is 19.4 Å². The molecule has 3 aromatic rings. The molecule has 2 aromatic carbocycles. The van der Waals surface area contributed by atoms with E-state index in [4.69, 9.17) is 9.52 Å². The van der Waals surface area contributed by atoms with Gasteiger partial charge in [-0.1, -0.05) is 18.2 Å². The summed E-state index contributed by atoms with van der Waals surface area (Å²) in [5.74, 6) is -1.50. The number of fused-ring (bicyclic) bond motifs is 1. The van der Waals surface area contributed by atoms with Gasteiger partial charge in [0.05, 0.1) is 0 Å². The Morgan fingerprint density at radius 3 is 2.50 bits per heavy atom. The average Bonchev–Trinajstić information content (AvgIpc) is 2.67. The molecular weight excluding hydrogens is 358 g/mol. The fourth-order valence-electron chi connectivity index (χ4n) is 3.11. The lowest BCUT2D eigenvalue weighted by Crippen LogP contribution is -2.21. The van der Waals surface area contributed by atoms with Crippen molar-refractivity contribution in [2.45, 2.75) is 13.8 Å². The van der Waals surface area contributed by atoms with Crippen LogP contribution in [0.15, 0.2) is 51.7 Å². The second kappa shape index (κ2) is 8.00. The first-order valence-corrected chi connectivity index (χ1v) is 9.00. The van der Waals surface area contributed by atoms with E-state index in [1.165, 1.54) is 18.2 Å². The van der Waals surface area contributed by atoms with Crippen molar-refractivity contribution in [3.63, 3.8) is 0 Å². The summed E-state index contributed by atoms with van der Waals surface area (Å²) >= 11 is 0. The molecule has 28 heavy (non-hydrogen) atoms. The van der Waals surface area contributed by atoms with Crippen molar-refractivity contribution in [2.24, 2.45) is 0 Å². The van der Waals surface area contributed by atoms with Crippen molar-refractivity contribution in [2.75, 3.05) is 18.0 Å². The second-order valence-corrected chi connectivity index (χ2v) is 6.29. The number of benzene rings is 2. The van der Waals surface area contributed by atoms with Gasteiger partial charge in [-0.25, -0.2) is 9.59 Å². The lowest BCUT2D eigenvalue weighted by atomic mass is 10.1. The molecule has 144 valence electrons. The molecule has 6 nitrogen and oxygen atoms in total. The number of rotatable bonds is 6. The maximum absolute atomic E-state index is 12.0. The third kappa shape index (κ3) is 3.91. The standard InChI is InChI=1S/C22H21NO5/c1-3-23(4-2)16-8-9-17-15(12-21(25)28-20(17)13-16)7-5-14-6-10-19(24)18(11-14)22(26)27/h5-13,24H,3-4H2,1-2H3,(H,26,27)/b7-5+. The molecule has 0 aliphatic rings. The van der Waals surface area contributed by atoms with Gasteiger partial charge in [0.1, 0.15) is 16.9 Å². The summed E-state index contributed by atoms with van der Waals surface area (Å²) in [6.45, 7) is 5.81. The molecule has 0 unspecified atom stereocenters. The smallest absolute Gasteiger partial charge is 0.339 e. The topological polar surface area (TPSA) is 91.0 Å². The second-order valence-electron chi connectivity index (χ2n) is 6.29. The SMILES string of the molecule is CCN(CC)c1ccc2c(/C=C/c3ccc(O)c(C(=O)O)c3)cc(=O)oc2c1. The number of aromatic carboxylic acids is 1. The zero-order valence-electron chi connectivity index (χ0n) is 15.7. The number of carboxylic acid groups (broad SMARTS) is 1. The molecule has 0 saturated carbocycles. The quantitative estimate of drug-likeness (QED) is 0.624. The van der Waals surface area contributed by atoms with Crippen molar-refractivity contribution in [3.8, 4) is 5.75 Å². The van der Waals surface area contributed by atoms with Crippen molar-refractivity contribution >= 4 is 34.8 Å². The number of phenols is 1. The van der Waals surface area contributed by atoms with Crippen molar-refractivity contribution in [1.82, 2.24) is 0 Å². The molecule has 0 bridgehead atoms. The fraction of sp³-hybridized carbons (Fsp3) is 0.182. The molecule has 0 fully saturated rings. The van der Waals surface area contributed by atoms with Crippen LogP contribution < -0.4 is 10.5 Å². The molecule has 0 amide bonds. The van der Waals surface area contributed by atoms with Gasteiger partial charge in [-0.15, -0.1) is 0 Å². The van der Waals surface area contributed by atoms with Crippen LogP contribution in [0.5, 0.6) is 5.75 Å². The van der Waals surface area contributed by atoms with Crippen LogP contribution in [-0.4, -0.2) is 29.3 Å². The number of anilines is 1. The van der Waals surface area contributed by atoms with Gasteiger partial charge >= 0.3 is 11.6 Å². The Kier molecular flexibility index (Phi) is 5.49. The molecule has 1 heterocycles. The Bertz CT molecular complexity index is 1110. The minimum absolute atomic E-state index is 0.177. The number of nitrogens with zero attached hydrogens (tertiary/aromatic N) is 1. The molecule has 0 saturated heterocycles. The number of hydrogen-bond donors (Lipinski definition) is 2. The van der Waals surface area contributed by atoms with E-state index in [2.05, 4.69) is 18.7 Å². The average molecular weight is 379 g/mol. The van der Waals surface area contributed by atoms with Crippen LogP contribution in [0.2, 0.25) is 0 Å². The number of hydrogen-bond acceptors (Lipinski definition) is 5. The van der Waals surface area contributed by atoms with Crippen LogP contribution in [0.25, 0.3) is 23.1 Å². The first-order valence-electron chi connectivity index (χ1n) is 9.00. The molecule has 2 N–H and O–H groups in total. The number of aromatic hydroxyl groups is 1. The predicted molar refractivity (Wildman–Crippen MR) is 110 cm³/mol. The maximum Gasteiger partial charge on any atom is 0.339 e. The summed E-state index contributed by atoms with van der Waals surface area (Å²) in [6, 6.07) is 11.4. The fourth-order valence-corrected chi connectivity index (χ4v) is 3.11. The van der Waals surface area contributed by atoms with E-state index in [0.29, 0.717) is 16.7 Å². The van der Waals surface area contributed by atoms with Crippen LogP contribution in [0.1, 0.15) is 35.3 Å². The zero-order chi connectivity index (χ0) is 20.3. The normalized spacial score (nSPS) is 11.2. The predicted octanol–water partition coefficient (Wildman–Crippen LogP) is 4.21. The minimum Gasteiger partial charge on any atom is -0.507 e. The Hall–Kier alpha value is -3.54. The first kappa shape index (κ1) is 19.2. The molecule has 0 spiro atoms. The van der Waals surface area contributed by atoms with Gasteiger partial charge in [-0.2, -0.15) is 0 Å².